The van der Waals surface area contributed by atoms with Gasteiger partial charge in [-0.3, -0.25) is 0 Å². The number of rotatable bonds is 6. The van der Waals surface area contributed by atoms with E-state index in [4.69, 9.17) is 4.74 Å². The van der Waals surface area contributed by atoms with Crippen LogP contribution in [0, 0.1) is 0 Å². The van der Waals surface area contributed by atoms with Gasteiger partial charge in [-0.2, -0.15) is 0 Å². The molecule has 0 fully saturated rings. The van der Waals surface area contributed by atoms with E-state index in [0.29, 0.717) is 6.04 Å². The Bertz CT molecular complexity index is 522. The van der Waals surface area contributed by atoms with Gasteiger partial charge in [0.2, 0.25) is 0 Å². The molecule has 2 aromatic carbocycles. The molecule has 2 heteroatoms. The molecule has 0 saturated carbocycles. The molecule has 1 unspecified atom stereocenters. The highest BCUT2D eigenvalue weighted by molar-refractivity contribution is 5.32. The van der Waals surface area contributed by atoms with Crippen LogP contribution in [0.25, 0.3) is 0 Å². The fourth-order valence-electron chi connectivity index (χ4n) is 2.31. The first-order valence-electron chi connectivity index (χ1n) is 7.17. The molecular weight excluding hydrogens is 246 g/mol. The van der Waals surface area contributed by atoms with Crippen molar-refractivity contribution in [3.8, 4) is 5.75 Å². The summed E-state index contributed by atoms with van der Waals surface area (Å²) < 4.78 is 5.77. The van der Waals surface area contributed by atoms with Crippen LogP contribution in [0.2, 0.25) is 0 Å². The van der Waals surface area contributed by atoms with Gasteiger partial charge in [0, 0.05) is 6.04 Å². The lowest BCUT2D eigenvalue weighted by atomic mass is 9.99. The third kappa shape index (κ3) is 4.10. The second-order valence-electron chi connectivity index (χ2n) is 5.27. The van der Waals surface area contributed by atoms with E-state index in [9.17, 15) is 0 Å². The van der Waals surface area contributed by atoms with Crippen LogP contribution in [0.4, 0.5) is 0 Å². The van der Waals surface area contributed by atoms with Crippen molar-refractivity contribution in [2.45, 2.75) is 32.4 Å². The number of benzene rings is 2. The summed E-state index contributed by atoms with van der Waals surface area (Å²) in [6.07, 6.45) is 1.18. The van der Waals surface area contributed by atoms with Gasteiger partial charge in [-0.25, -0.2) is 0 Å². The molecule has 1 N–H and O–H groups in total. The molecule has 1 atom stereocenters. The molecule has 0 amide bonds. The van der Waals surface area contributed by atoms with E-state index in [-0.39, 0.29) is 6.10 Å². The van der Waals surface area contributed by atoms with Gasteiger partial charge >= 0.3 is 0 Å². The SMILES string of the molecule is CNC(Cc1ccccc1)c1cccc(OC(C)C)c1. The van der Waals surface area contributed by atoms with Gasteiger partial charge in [-0.1, -0.05) is 42.5 Å². The van der Waals surface area contributed by atoms with Crippen molar-refractivity contribution in [1.82, 2.24) is 5.32 Å². The summed E-state index contributed by atoms with van der Waals surface area (Å²) in [5, 5.41) is 3.39. The van der Waals surface area contributed by atoms with Crippen LogP contribution in [0.3, 0.4) is 0 Å². The average molecular weight is 269 g/mol. The Kier molecular flexibility index (Phi) is 5.19. The summed E-state index contributed by atoms with van der Waals surface area (Å²) >= 11 is 0. The van der Waals surface area contributed by atoms with E-state index in [1.807, 2.05) is 27.0 Å². The van der Waals surface area contributed by atoms with E-state index in [0.717, 1.165) is 12.2 Å². The molecule has 2 nitrogen and oxygen atoms in total. The second-order valence-corrected chi connectivity index (χ2v) is 5.27. The fourth-order valence-corrected chi connectivity index (χ4v) is 2.31. The van der Waals surface area contributed by atoms with E-state index in [2.05, 4.69) is 53.8 Å². The molecule has 106 valence electrons. The lowest BCUT2D eigenvalue weighted by Gasteiger charge is -2.18. The monoisotopic (exact) mass is 269 g/mol. The Hall–Kier alpha value is -1.80. The number of hydrogen-bond acceptors (Lipinski definition) is 2. The third-order valence-electron chi connectivity index (χ3n) is 3.26. The Morgan fingerprint density at radius 2 is 1.75 bits per heavy atom. The largest absolute Gasteiger partial charge is 0.491 e. The topological polar surface area (TPSA) is 21.3 Å². The molecule has 0 aliphatic heterocycles. The third-order valence-corrected chi connectivity index (χ3v) is 3.26. The quantitative estimate of drug-likeness (QED) is 0.856. The number of ether oxygens (including phenoxy) is 1. The molecule has 20 heavy (non-hydrogen) atoms. The molecule has 2 aromatic rings. The fraction of sp³-hybridized carbons (Fsp3) is 0.333. The van der Waals surface area contributed by atoms with Crippen LogP contribution in [-0.4, -0.2) is 13.2 Å². The van der Waals surface area contributed by atoms with Crippen LogP contribution in [-0.2, 0) is 6.42 Å². The molecule has 0 aliphatic carbocycles. The van der Waals surface area contributed by atoms with Gasteiger partial charge in [0.25, 0.3) is 0 Å². The lowest BCUT2D eigenvalue weighted by Crippen LogP contribution is -2.19. The molecule has 0 heterocycles. The molecule has 0 aliphatic rings. The van der Waals surface area contributed by atoms with Gasteiger partial charge in [-0.05, 0) is 50.6 Å². The van der Waals surface area contributed by atoms with Crippen LogP contribution >= 0.6 is 0 Å². The molecule has 2 rings (SSSR count). The van der Waals surface area contributed by atoms with Gasteiger partial charge in [0.1, 0.15) is 5.75 Å². The summed E-state index contributed by atoms with van der Waals surface area (Å²) in [7, 11) is 2.00. The van der Waals surface area contributed by atoms with E-state index < -0.39 is 0 Å². The summed E-state index contributed by atoms with van der Waals surface area (Å²) in [5.74, 6) is 0.936. The van der Waals surface area contributed by atoms with Gasteiger partial charge in [-0.15, -0.1) is 0 Å². The maximum absolute atomic E-state index is 5.77. The lowest BCUT2D eigenvalue weighted by molar-refractivity contribution is 0.242. The van der Waals surface area contributed by atoms with E-state index in [1.54, 1.807) is 0 Å². The van der Waals surface area contributed by atoms with Crippen molar-refractivity contribution in [3.05, 3.63) is 65.7 Å². The van der Waals surface area contributed by atoms with Crippen molar-refractivity contribution >= 4 is 0 Å². The van der Waals surface area contributed by atoms with Crippen LogP contribution in [0.5, 0.6) is 5.75 Å². The summed E-state index contributed by atoms with van der Waals surface area (Å²) in [4.78, 5) is 0. The Labute approximate surface area is 121 Å². The average Bonchev–Trinajstić information content (AvgIpc) is 2.45. The zero-order valence-corrected chi connectivity index (χ0v) is 12.5. The number of likely N-dealkylation sites (N-methyl/N-ethyl adjacent to an activating group) is 1. The van der Waals surface area contributed by atoms with Crippen LogP contribution in [0.15, 0.2) is 54.6 Å². The molecule has 0 bridgehead atoms. The van der Waals surface area contributed by atoms with Crippen molar-refractivity contribution < 1.29 is 4.74 Å². The molecule has 0 spiro atoms. The molecular formula is C18H23NO. The standard InChI is InChI=1S/C18H23NO/c1-14(2)20-17-11-7-10-16(13-17)18(19-3)12-15-8-5-4-6-9-15/h4-11,13-14,18-19H,12H2,1-3H3. The van der Waals surface area contributed by atoms with Gasteiger partial charge in [0.15, 0.2) is 0 Å². The van der Waals surface area contributed by atoms with E-state index >= 15 is 0 Å². The summed E-state index contributed by atoms with van der Waals surface area (Å²) in [6, 6.07) is 19.2. The summed E-state index contributed by atoms with van der Waals surface area (Å²) in [5.41, 5.74) is 2.59. The molecule has 0 aromatic heterocycles. The normalized spacial score (nSPS) is 12.4. The minimum atomic E-state index is 0.201. The smallest absolute Gasteiger partial charge is 0.120 e. The predicted molar refractivity (Wildman–Crippen MR) is 84.2 cm³/mol. The minimum absolute atomic E-state index is 0.201. The maximum atomic E-state index is 5.77. The maximum Gasteiger partial charge on any atom is 0.120 e. The Balaban J connectivity index is 2.15. The first-order chi connectivity index (χ1) is 9.69. The highest BCUT2D eigenvalue weighted by atomic mass is 16.5. The number of hydrogen-bond donors (Lipinski definition) is 1. The molecule has 0 saturated heterocycles. The highest BCUT2D eigenvalue weighted by Gasteiger charge is 2.11. The first kappa shape index (κ1) is 14.6. The van der Waals surface area contributed by atoms with Crippen molar-refractivity contribution in [3.63, 3.8) is 0 Å². The van der Waals surface area contributed by atoms with Crippen LogP contribution < -0.4 is 10.1 Å². The molecule has 0 radical (unpaired) electrons. The van der Waals surface area contributed by atoms with Crippen LogP contribution in [0.1, 0.15) is 31.0 Å². The number of nitrogens with one attached hydrogen (secondary N) is 1. The zero-order valence-electron chi connectivity index (χ0n) is 12.5. The van der Waals surface area contributed by atoms with E-state index in [1.165, 1.54) is 11.1 Å². The first-order valence-corrected chi connectivity index (χ1v) is 7.17. The van der Waals surface area contributed by atoms with Gasteiger partial charge < -0.3 is 10.1 Å². The van der Waals surface area contributed by atoms with Crippen molar-refractivity contribution in [1.29, 1.82) is 0 Å². The van der Waals surface area contributed by atoms with Gasteiger partial charge in [0.05, 0.1) is 6.10 Å². The zero-order chi connectivity index (χ0) is 14.4. The highest BCUT2D eigenvalue weighted by Crippen LogP contribution is 2.23. The van der Waals surface area contributed by atoms with Crippen molar-refractivity contribution in [2.75, 3.05) is 7.05 Å². The predicted octanol–water partition coefficient (Wildman–Crippen LogP) is 3.98. The minimum Gasteiger partial charge on any atom is -0.491 e. The Morgan fingerprint density at radius 3 is 2.40 bits per heavy atom. The summed E-state index contributed by atoms with van der Waals surface area (Å²) in [6.45, 7) is 4.10. The Morgan fingerprint density at radius 1 is 1.00 bits per heavy atom. The second kappa shape index (κ2) is 7.11. The van der Waals surface area contributed by atoms with Crippen molar-refractivity contribution in [2.24, 2.45) is 0 Å².